The minimum absolute atomic E-state index is 0.116. The van der Waals surface area contributed by atoms with Gasteiger partial charge in [-0.25, -0.2) is 5.01 Å². The molecule has 0 spiro atoms. The number of nitrogens with one attached hydrogen (secondary N) is 1. The van der Waals surface area contributed by atoms with Gasteiger partial charge in [0, 0.05) is 12.6 Å². The fourth-order valence-corrected chi connectivity index (χ4v) is 2.62. The summed E-state index contributed by atoms with van der Waals surface area (Å²) in [6, 6.07) is 7.59. The number of rotatable bonds is 5. The predicted molar refractivity (Wildman–Crippen MR) is 80.0 cm³/mol. The van der Waals surface area contributed by atoms with Gasteiger partial charge in [0.15, 0.2) is 11.3 Å². The van der Waals surface area contributed by atoms with Gasteiger partial charge in [-0.2, -0.15) is 0 Å². The fourth-order valence-electron chi connectivity index (χ4n) is 2.33. The maximum atomic E-state index is 5.58. The van der Waals surface area contributed by atoms with Crippen molar-refractivity contribution >= 4 is 23.2 Å². The van der Waals surface area contributed by atoms with Crippen molar-refractivity contribution in [2.45, 2.75) is 25.9 Å². The number of thiocarbonyl (C=S) groups is 1. The van der Waals surface area contributed by atoms with Gasteiger partial charge in [-0.05, 0) is 36.8 Å². The number of hydrogen-bond acceptors (Lipinski definition) is 4. The van der Waals surface area contributed by atoms with E-state index < -0.39 is 0 Å². The first kappa shape index (κ1) is 13.1. The van der Waals surface area contributed by atoms with Crippen LogP contribution in [0.5, 0.6) is 0 Å². The van der Waals surface area contributed by atoms with Gasteiger partial charge in [0.1, 0.15) is 5.76 Å². The zero-order valence-electron chi connectivity index (χ0n) is 11.3. The Kier molecular flexibility index (Phi) is 3.64. The van der Waals surface area contributed by atoms with Crippen LogP contribution in [0.2, 0.25) is 0 Å². The van der Waals surface area contributed by atoms with Gasteiger partial charge >= 0.3 is 0 Å². The second kappa shape index (κ2) is 5.58. The van der Waals surface area contributed by atoms with Crippen LogP contribution in [0.1, 0.15) is 31.7 Å². The molecule has 1 unspecified atom stereocenters. The molecule has 1 aliphatic heterocycles. The van der Waals surface area contributed by atoms with Crippen LogP contribution in [0.25, 0.3) is 0 Å². The number of unbranched alkanes of at least 4 members (excludes halogenated alkanes) is 1. The Morgan fingerprint density at radius 2 is 2.05 bits per heavy atom. The number of furan rings is 2. The van der Waals surface area contributed by atoms with E-state index in [4.69, 9.17) is 21.1 Å². The third-order valence-electron chi connectivity index (χ3n) is 3.31. The van der Waals surface area contributed by atoms with Gasteiger partial charge in [0.2, 0.25) is 5.88 Å². The Balaban J connectivity index is 1.92. The Morgan fingerprint density at radius 3 is 2.70 bits per heavy atom. The van der Waals surface area contributed by atoms with Crippen molar-refractivity contribution in [3.8, 4) is 0 Å². The van der Waals surface area contributed by atoms with E-state index in [2.05, 4.69) is 17.2 Å². The highest BCUT2D eigenvalue weighted by Crippen LogP contribution is 2.33. The summed E-state index contributed by atoms with van der Waals surface area (Å²) in [5.74, 6) is 1.55. The summed E-state index contributed by atoms with van der Waals surface area (Å²) >= 11 is 5.45. The first-order valence-corrected chi connectivity index (χ1v) is 7.15. The minimum Gasteiger partial charge on any atom is -0.465 e. The fraction of sp³-hybridized carbons (Fsp3) is 0.357. The third-order valence-corrected chi connectivity index (χ3v) is 3.64. The van der Waals surface area contributed by atoms with Crippen molar-refractivity contribution in [2.75, 3.05) is 11.6 Å². The lowest BCUT2D eigenvalue weighted by Gasteiger charge is -2.26. The summed E-state index contributed by atoms with van der Waals surface area (Å²) < 4.78 is 11.1. The normalized spacial score (nSPS) is 18.6. The van der Waals surface area contributed by atoms with Crippen LogP contribution in [0.15, 0.2) is 45.6 Å². The second-order valence-corrected chi connectivity index (χ2v) is 5.06. The largest absolute Gasteiger partial charge is 0.465 e. The molecule has 20 heavy (non-hydrogen) atoms. The Hall–Kier alpha value is -1.95. The molecular formula is C14H17N3O2S. The standard InChI is InChI=1S/C14H17N3O2S/c1-2-3-8-16-13(11-6-4-9-18-11)17(15-14(16)20)12-7-5-10-19-12/h4-7,9-10,13H,2-3,8H2,1H3,(H,15,20). The van der Waals surface area contributed by atoms with E-state index in [0.29, 0.717) is 11.0 Å². The molecule has 1 aliphatic rings. The Bertz CT molecular complexity index is 553. The molecule has 0 amide bonds. The summed E-state index contributed by atoms with van der Waals surface area (Å²) in [5, 5.41) is 2.59. The molecule has 0 aromatic carbocycles. The first-order valence-electron chi connectivity index (χ1n) is 6.74. The molecule has 2 aromatic heterocycles. The smallest absolute Gasteiger partial charge is 0.216 e. The van der Waals surface area contributed by atoms with Gasteiger partial charge in [-0.3, -0.25) is 5.43 Å². The lowest BCUT2D eigenvalue weighted by atomic mass is 10.2. The van der Waals surface area contributed by atoms with Crippen LogP contribution in [0.3, 0.4) is 0 Å². The van der Waals surface area contributed by atoms with Crippen LogP contribution in [0.4, 0.5) is 5.88 Å². The molecule has 5 nitrogen and oxygen atoms in total. The average molecular weight is 291 g/mol. The molecule has 0 radical (unpaired) electrons. The van der Waals surface area contributed by atoms with Crippen molar-refractivity contribution in [1.29, 1.82) is 0 Å². The van der Waals surface area contributed by atoms with Crippen molar-refractivity contribution in [2.24, 2.45) is 0 Å². The zero-order chi connectivity index (χ0) is 13.9. The molecule has 0 saturated carbocycles. The molecule has 1 saturated heterocycles. The molecule has 2 aromatic rings. The first-order chi connectivity index (χ1) is 9.81. The number of hydrazine groups is 1. The Morgan fingerprint density at radius 1 is 1.25 bits per heavy atom. The van der Waals surface area contributed by atoms with Crippen molar-refractivity contribution in [1.82, 2.24) is 10.3 Å². The van der Waals surface area contributed by atoms with Crippen molar-refractivity contribution < 1.29 is 8.83 Å². The van der Waals surface area contributed by atoms with E-state index in [9.17, 15) is 0 Å². The van der Waals surface area contributed by atoms with Crippen LogP contribution in [-0.2, 0) is 0 Å². The van der Waals surface area contributed by atoms with E-state index in [0.717, 1.165) is 25.1 Å². The maximum absolute atomic E-state index is 5.58. The summed E-state index contributed by atoms with van der Waals surface area (Å²) in [4.78, 5) is 2.13. The van der Waals surface area contributed by atoms with E-state index in [1.165, 1.54) is 0 Å². The molecule has 3 heterocycles. The van der Waals surface area contributed by atoms with Gasteiger partial charge < -0.3 is 13.7 Å². The van der Waals surface area contributed by atoms with Gasteiger partial charge in [-0.1, -0.05) is 13.3 Å². The summed E-state index contributed by atoms with van der Waals surface area (Å²) in [6.45, 7) is 3.05. The SMILES string of the molecule is CCCCN1C(=S)NN(c2ccco2)C1c1ccco1. The van der Waals surface area contributed by atoms with Crippen LogP contribution in [0, 0.1) is 0 Å². The highest BCUT2D eigenvalue weighted by Gasteiger charge is 2.39. The quantitative estimate of drug-likeness (QED) is 0.853. The van der Waals surface area contributed by atoms with E-state index >= 15 is 0 Å². The second-order valence-electron chi connectivity index (χ2n) is 4.67. The van der Waals surface area contributed by atoms with Gasteiger partial charge in [-0.15, -0.1) is 0 Å². The maximum Gasteiger partial charge on any atom is 0.216 e. The van der Waals surface area contributed by atoms with E-state index in [1.54, 1.807) is 12.5 Å². The number of nitrogens with zero attached hydrogens (tertiary/aromatic N) is 2. The number of anilines is 1. The van der Waals surface area contributed by atoms with Crippen LogP contribution in [-0.4, -0.2) is 16.6 Å². The summed E-state index contributed by atoms with van der Waals surface area (Å²) in [6.07, 6.45) is 5.40. The highest BCUT2D eigenvalue weighted by molar-refractivity contribution is 7.80. The molecule has 0 bridgehead atoms. The predicted octanol–water partition coefficient (Wildman–Crippen LogP) is 3.28. The van der Waals surface area contributed by atoms with Crippen LogP contribution < -0.4 is 10.4 Å². The molecule has 106 valence electrons. The monoisotopic (exact) mass is 291 g/mol. The average Bonchev–Trinajstić information content (AvgIpc) is 3.17. The summed E-state index contributed by atoms with van der Waals surface area (Å²) in [7, 11) is 0. The number of hydrogen-bond donors (Lipinski definition) is 1. The highest BCUT2D eigenvalue weighted by atomic mass is 32.1. The molecule has 0 aliphatic carbocycles. The van der Waals surface area contributed by atoms with Crippen LogP contribution >= 0.6 is 12.2 Å². The van der Waals surface area contributed by atoms with E-state index in [-0.39, 0.29) is 6.17 Å². The van der Waals surface area contributed by atoms with Gasteiger partial charge in [0.25, 0.3) is 0 Å². The van der Waals surface area contributed by atoms with Crippen molar-refractivity contribution in [3.05, 3.63) is 42.6 Å². The lowest BCUT2D eigenvalue weighted by molar-refractivity contribution is 0.286. The molecule has 6 heteroatoms. The molecule has 1 N–H and O–H groups in total. The third kappa shape index (κ3) is 2.27. The lowest BCUT2D eigenvalue weighted by Crippen LogP contribution is -2.34. The Labute approximate surface area is 123 Å². The summed E-state index contributed by atoms with van der Waals surface area (Å²) in [5.41, 5.74) is 3.19. The minimum atomic E-state index is -0.116. The zero-order valence-corrected chi connectivity index (χ0v) is 12.1. The van der Waals surface area contributed by atoms with Gasteiger partial charge in [0.05, 0.1) is 12.5 Å². The molecular weight excluding hydrogens is 274 g/mol. The van der Waals surface area contributed by atoms with E-state index in [1.807, 2.05) is 29.3 Å². The molecule has 1 fully saturated rings. The van der Waals surface area contributed by atoms with Crippen molar-refractivity contribution in [3.63, 3.8) is 0 Å². The topological polar surface area (TPSA) is 44.8 Å². The molecule has 3 rings (SSSR count). The molecule has 1 atom stereocenters.